The van der Waals surface area contributed by atoms with E-state index in [0.717, 1.165) is 4.57 Å². The molecule has 2 bridgehead atoms. The van der Waals surface area contributed by atoms with Gasteiger partial charge in [-0.05, 0) is 6.92 Å². The van der Waals surface area contributed by atoms with Gasteiger partial charge in [0.1, 0.15) is 17.8 Å². The second kappa shape index (κ2) is 5.35. The molecule has 0 aliphatic carbocycles. The maximum atomic E-state index is 12.0. The summed E-state index contributed by atoms with van der Waals surface area (Å²) in [7, 11) is -4.87. The lowest BCUT2D eigenvalue weighted by Gasteiger charge is -2.29. The summed E-state index contributed by atoms with van der Waals surface area (Å²) in [4.78, 5) is 43.5. The van der Waals surface area contributed by atoms with Crippen LogP contribution in [0.3, 0.4) is 0 Å². The minimum atomic E-state index is -4.87. The molecule has 12 heteroatoms. The number of aromatic amines is 1. The van der Waals surface area contributed by atoms with Crippen molar-refractivity contribution in [3.05, 3.63) is 32.6 Å². The summed E-state index contributed by atoms with van der Waals surface area (Å²) in [6.07, 6.45) is -2.15. The minimum Gasteiger partial charge on any atom is -0.393 e. The summed E-state index contributed by atoms with van der Waals surface area (Å²) in [5.41, 5.74) is -2.60. The standard InChI is InChI=1S/C11H15N2O9P/c1-5-2-13(10(16)12-8(5)15)9-6-7(22-23(17,18)19)11(3-14,21-9)4-20-6/h2,6-7,9,14H,3-4H2,1H3,(H,12,15,16)(H2,17,18,19)/t6-,7-,9-,11+/m0/s1. The number of H-pyrrole nitrogens is 1. The van der Waals surface area contributed by atoms with Crippen molar-refractivity contribution in [3.63, 3.8) is 0 Å². The van der Waals surface area contributed by atoms with E-state index in [4.69, 9.17) is 23.8 Å². The number of aryl methyl sites for hydroxylation is 1. The van der Waals surface area contributed by atoms with Crippen LogP contribution in [0.25, 0.3) is 0 Å². The molecular weight excluding hydrogens is 335 g/mol. The molecule has 3 rings (SSSR count). The van der Waals surface area contributed by atoms with Crippen LogP contribution in [0.15, 0.2) is 15.8 Å². The van der Waals surface area contributed by atoms with E-state index >= 15 is 0 Å². The summed E-state index contributed by atoms with van der Waals surface area (Å²) in [6.45, 7) is 0.711. The number of rotatable bonds is 4. The normalized spacial score (nSPS) is 33.3. The molecule has 0 spiro atoms. The van der Waals surface area contributed by atoms with Crippen molar-refractivity contribution in [2.24, 2.45) is 0 Å². The third-order valence-corrected chi connectivity index (χ3v) is 4.41. The van der Waals surface area contributed by atoms with Gasteiger partial charge in [-0.3, -0.25) is 18.9 Å². The van der Waals surface area contributed by atoms with Gasteiger partial charge < -0.3 is 24.4 Å². The zero-order valence-electron chi connectivity index (χ0n) is 11.9. The zero-order chi connectivity index (χ0) is 17.0. The summed E-state index contributed by atoms with van der Waals surface area (Å²) in [5.74, 6) is 0. The van der Waals surface area contributed by atoms with Crippen molar-refractivity contribution >= 4 is 7.82 Å². The first-order valence-electron chi connectivity index (χ1n) is 6.63. The first kappa shape index (κ1) is 16.5. The second-order valence-electron chi connectivity index (χ2n) is 5.50. The maximum absolute atomic E-state index is 12.0. The van der Waals surface area contributed by atoms with Crippen LogP contribution >= 0.6 is 7.82 Å². The first-order chi connectivity index (χ1) is 10.7. The van der Waals surface area contributed by atoms with Gasteiger partial charge in [0.15, 0.2) is 6.23 Å². The SMILES string of the molecule is Cc1cn([C@H]2O[C@]3(CO)CO[C@H]2[C@@H]3OP(=O)(O)O)c(=O)[nH]c1=O. The summed E-state index contributed by atoms with van der Waals surface area (Å²) >= 11 is 0. The largest absolute Gasteiger partial charge is 0.470 e. The average Bonchev–Trinajstić information content (AvgIpc) is 2.93. The molecule has 2 fully saturated rings. The fourth-order valence-electron chi connectivity index (χ4n) is 2.81. The molecule has 3 heterocycles. The fraction of sp³-hybridized carbons (Fsp3) is 0.636. The molecule has 0 radical (unpaired) electrons. The van der Waals surface area contributed by atoms with Gasteiger partial charge in [-0.2, -0.15) is 0 Å². The lowest BCUT2D eigenvalue weighted by Crippen LogP contribution is -2.45. The van der Waals surface area contributed by atoms with Gasteiger partial charge in [0, 0.05) is 11.8 Å². The van der Waals surface area contributed by atoms with Crippen LogP contribution in [0.4, 0.5) is 0 Å². The van der Waals surface area contributed by atoms with Gasteiger partial charge in [-0.15, -0.1) is 0 Å². The number of aliphatic hydroxyl groups is 1. The van der Waals surface area contributed by atoms with E-state index in [1.54, 1.807) is 0 Å². The second-order valence-corrected chi connectivity index (χ2v) is 6.69. The van der Waals surface area contributed by atoms with Crippen molar-refractivity contribution in [3.8, 4) is 0 Å². The molecule has 2 aliphatic rings. The Kier molecular flexibility index (Phi) is 3.84. The maximum Gasteiger partial charge on any atom is 0.470 e. The van der Waals surface area contributed by atoms with Crippen molar-refractivity contribution < 1.29 is 33.5 Å². The van der Waals surface area contributed by atoms with Crippen molar-refractivity contribution in [2.45, 2.75) is 31.0 Å². The number of phosphoric acid groups is 1. The van der Waals surface area contributed by atoms with E-state index in [-0.39, 0.29) is 12.2 Å². The summed E-state index contributed by atoms with van der Waals surface area (Å²) in [5, 5.41) is 9.56. The van der Waals surface area contributed by atoms with Crippen LogP contribution in [0.2, 0.25) is 0 Å². The monoisotopic (exact) mass is 350 g/mol. The Hall–Kier alpha value is -1.33. The van der Waals surface area contributed by atoms with Crippen LogP contribution in [-0.4, -0.2) is 55.5 Å². The number of phosphoric ester groups is 1. The van der Waals surface area contributed by atoms with Gasteiger partial charge in [-0.25, -0.2) is 9.36 Å². The number of ether oxygens (including phenoxy) is 2. The van der Waals surface area contributed by atoms with E-state index in [0.29, 0.717) is 0 Å². The Balaban J connectivity index is 2.02. The molecule has 0 amide bonds. The van der Waals surface area contributed by atoms with E-state index in [1.165, 1.54) is 13.1 Å². The Morgan fingerprint density at radius 1 is 1.52 bits per heavy atom. The number of aliphatic hydroxyl groups excluding tert-OH is 1. The molecule has 2 aliphatic heterocycles. The fourth-order valence-corrected chi connectivity index (χ4v) is 3.42. The molecule has 2 saturated heterocycles. The van der Waals surface area contributed by atoms with Crippen LogP contribution < -0.4 is 11.2 Å². The quantitative estimate of drug-likeness (QED) is 0.449. The smallest absolute Gasteiger partial charge is 0.393 e. The third kappa shape index (κ3) is 2.70. The van der Waals surface area contributed by atoms with Gasteiger partial charge in [0.25, 0.3) is 5.56 Å². The number of hydrogen-bond acceptors (Lipinski definition) is 7. The van der Waals surface area contributed by atoms with Gasteiger partial charge in [0.05, 0.1) is 13.2 Å². The molecule has 128 valence electrons. The number of hydrogen-bond donors (Lipinski definition) is 4. The molecule has 0 saturated carbocycles. The molecule has 0 aromatic carbocycles. The molecular formula is C11H15N2O9P. The van der Waals surface area contributed by atoms with Crippen molar-refractivity contribution in [1.29, 1.82) is 0 Å². The molecule has 11 nitrogen and oxygen atoms in total. The van der Waals surface area contributed by atoms with Crippen LogP contribution in [0.1, 0.15) is 11.8 Å². The Bertz CT molecular complexity index is 782. The van der Waals surface area contributed by atoms with Crippen LogP contribution in [0.5, 0.6) is 0 Å². The van der Waals surface area contributed by atoms with E-state index in [1.807, 2.05) is 0 Å². The number of aromatic nitrogens is 2. The van der Waals surface area contributed by atoms with Crippen molar-refractivity contribution in [1.82, 2.24) is 9.55 Å². The average molecular weight is 350 g/mol. The number of nitrogens with one attached hydrogen (secondary N) is 1. The first-order valence-corrected chi connectivity index (χ1v) is 8.16. The minimum absolute atomic E-state index is 0.146. The lowest BCUT2D eigenvalue weighted by atomic mass is 10.0. The number of nitrogens with zero attached hydrogens (tertiary/aromatic N) is 1. The topological polar surface area (TPSA) is 160 Å². The van der Waals surface area contributed by atoms with Crippen molar-refractivity contribution in [2.75, 3.05) is 13.2 Å². The van der Waals surface area contributed by atoms with E-state index < -0.39 is 49.7 Å². The number of fused-ring (bicyclic) bond motifs is 2. The molecule has 1 aromatic rings. The summed E-state index contributed by atoms with van der Waals surface area (Å²) < 4.78 is 27.9. The predicted octanol–water partition coefficient (Wildman–Crippen LogP) is -2.02. The zero-order valence-corrected chi connectivity index (χ0v) is 12.8. The van der Waals surface area contributed by atoms with E-state index in [9.17, 15) is 19.3 Å². The van der Waals surface area contributed by atoms with E-state index in [2.05, 4.69) is 4.98 Å². The van der Waals surface area contributed by atoms with Gasteiger partial charge in [0.2, 0.25) is 0 Å². The summed E-state index contributed by atoms with van der Waals surface area (Å²) in [6, 6.07) is 0. The van der Waals surface area contributed by atoms with Crippen LogP contribution in [0, 0.1) is 6.92 Å². The highest BCUT2D eigenvalue weighted by atomic mass is 31.2. The highest BCUT2D eigenvalue weighted by Crippen LogP contribution is 2.51. The molecule has 4 N–H and O–H groups in total. The Labute approximate surface area is 128 Å². The molecule has 1 aromatic heterocycles. The highest BCUT2D eigenvalue weighted by molar-refractivity contribution is 7.46. The third-order valence-electron chi connectivity index (χ3n) is 3.91. The Morgan fingerprint density at radius 2 is 2.22 bits per heavy atom. The molecule has 4 atom stereocenters. The lowest BCUT2D eigenvalue weighted by molar-refractivity contribution is -0.187. The Morgan fingerprint density at radius 3 is 2.83 bits per heavy atom. The predicted molar refractivity (Wildman–Crippen MR) is 72.7 cm³/mol. The van der Waals surface area contributed by atoms with Gasteiger partial charge in [-0.1, -0.05) is 0 Å². The van der Waals surface area contributed by atoms with Gasteiger partial charge >= 0.3 is 13.5 Å². The highest BCUT2D eigenvalue weighted by Gasteiger charge is 2.64. The molecule has 23 heavy (non-hydrogen) atoms. The molecule has 0 unspecified atom stereocenters. The van der Waals surface area contributed by atoms with Crippen LogP contribution in [-0.2, 0) is 18.6 Å².